The van der Waals surface area contributed by atoms with E-state index in [0.717, 1.165) is 12.8 Å². The fourth-order valence-corrected chi connectivity index (χ4v) is 2.53. The molecule has 6 nitrogen and oxygen atoms in total. The van der Waals surface area contributed by atoms with Crippen molar-refractivity contribution in [1.82, 2.24) is 5.32 Å². The lowest BCUT2D eigenvalue weighted by molar-refractivity contribution is -0.383. The van der Waals surface area contributed by atoms with Crippen LogP contribution in [-0.2, 0) is 0 Å². The molecule has 1 aromatic carbocycles. The number of nitrogens with one attached hydrogen (secondary N) is 2. The smallest absolute Gasteiger partial charge is 0.319 e. The number of nitrogens with zero attached hydrogens (tertiary/aromatic N) is 1. The highest BCUT2D eigenvalue weighted by Crippen LogP contribution is 2.24. The van der Waals surface area contributed by atoms with Gasteiger partial charge in [0.25, 0.3) is 5.69 Å². The van der Waals surface area contributed by atoms with E-state index in [1.54, 1.807) is 12.1 Å². The van der Waals surface area contributed by atoms with Gasteiger partial charge in [0.2, 0.25) is 0 Å². The summed E-state index contributed by atoms with van der Waals surface area (Å²) >= 11 is 0. The van der Waals surface area contributed by atoms with Crippen LogP contribution >= 0.6 is 0 Å². The Hall–Kier alpha value is -2.11. The molecule has 0 spiro atoms. The van der Waals surface area contributed by atoms with E-state index in [4.69, 9.17) is 0 Å². The van der Waals surface area contributed by atoms with Gasteiger partial charge < -0.3 is 10.6 Å². The SMILES string of the molecule is O=C(NCC1CCCCC1)Nc1ccccc1[N+](=O)[O-]. The third-order valence-electron chi connectivity index (χ3n) is 3.62. The topological polar surface area (TPSA) is 84.3 Å². The number of urea groups is 1. The summed E-state index contributed by atoms with van der Waals surface area (Å²) in [5.41, 5.74) is 0.124. The van der Waals surface area contributed by atoms with Crippen LogP contribution in [0.3, 0.4) is 0 Å². The number of carbonyl (C=O) groups excluding carboxylic acids is 1. The molecule has 0 heterocycles. The predicted octanol–water partition coefficient (Wildman–Crippen LogP) is 3.30. The quantitative estimate of drug-likeness (QED) is 0.654. The molecule has 0 radical (unpaired) electrons. The highest BCUT2D eigenvalue weighted by atomic mass is 16.6. The Kier molecular flexibility index (Phi) is 4.92. The standard InChI is InChI=1S/C14H19N3O3/c18-14(15-10-11-6-2-1-3-7-11)16-12-8-4-5-9-13(12)17(19)20/h4-5,8-9,11H,1-3,6-7,10H2,(H2,15,16,18). The van der Waals surface area contributed by atoms with E-state index in [1.165, 1.54) is 31.4 Å². The van der Waals surface area contributed by atoms with Gasteiger partial charge in [0.1, 0.15) is 5.69 Å². The number of nitro groups is 1. The van der Waals surface area contributed by atoms with E-state index in [2.05, 4.69) is 10.6 Å². The van der Waals surface area contributed by atoms with Gasteiger partial charge in [-0.25, -0.2) is 4.79 Å². The zero-order chi connectivity index (χ0) is 14.4. The highest BCUT2D eigenvalue weighted by Gasteiger charge is 2.17. The van der Waals surface area contributed by atoms with Crippen molar-refractivity contribution in [3.8, 4) is 0 Å². The molecule has 2 amide bonds. The van der Waals surface area contributed by atoms with Crippen molar-refractivity contribution in [3.05, 3.63) is 34.4 Å². The van der Waals surface area contributed by atoms with E-state index in [-0.39, 0.29) is 17.4 Å². The normalized spacial score (nSPS) is 15.6. The van der Waals surface area contributed by atoms with E-state index in [9.17, 15) is 14.9 Å². The Balaban J connectivity index is 1.86. The molecule has 108 valence electrons. The Labute approximate surface area is 117 Å². The second-order valence-corrected chi connectivity index (χ2v) is 5.11. The lowest BCUT2D eigenvalue weighted by Gasteiger charge is -2.21. The zero-order valence-corrected chi connectivity index (χ0v) is 11.3. The van der Waals surface area contributed by atoms with Gasteiger partial charge in [-0.1, -0.05) is 31.4 Å². The molecule has 0 bridgehead atoms. The Morgan fingerprint density at radius 2 is 1.95 bits per heavy atom. The van der Waals surface area contributed by atoms with Crippen molar-refractivity contribution >= 4 is 17.4 Å². The molecule has 0 aromatic heterocycles. The molecule has 20 heavy (non-hydrogen) atoms. The van der Waals surface area contributed by atoms with Crippen molar-refractivity contribution in [2.75, 3.05) is 11.9 Å². The van der Waals surface area contributed by atoms with Gasteiger partial charge in [0, 0.05) is 12.6 Å². The average Bonchev–Trinajstić information content (AvgIpc) is 2.46. The number of para-hydroxylation sites is 2. The number of hydrogen-bond acceptors (Lipinski definition) is 3. The maximum atomic E-state index is 11.8. The van der Waals surface area contributed by atoms with Crippen LogP contribution in [0.15, 0.2) is 24.3 Å². The maximum absolute atomic E-state index is 11.8. The second-order valence-electron chi connectivity index (χ2n) is 5.11. The molecule has 1 aliphatic carbocycles. The van der Waals surface area contributed by atoms with E-state index in [1.807, 2.05) is 0 Å². The summed E-state index contributed by atoms with van der Waals surface area (Å²) in [7, 11) is 0. The summed E-state index contributed by atoms with van der Waals surface area (Å²) < 4.78 is 0. The van der Waals surface area contributed by atoms with Gasteiger partial charge in [-0.15, -0.1) is 0 Å². The first-order chi connectivity index (χ1) is 9.66. The predicted molar refractivity (Wildman–Crippen MR) is 76.7 cm³/mol. The van der Waals surface area contributed by atoms with Gasteiger partial charge in [0.15, 0.2) is 0 Å². The molecule has 0 unspecified atom stereocenters. The van der Waals surface area contributed by atoms with Crippen molar-refractivity contribution < 1.29 is 9.72 Å². The van der Waals surface area contributed by atoms with Crippen LogP contribution in [0.2, 0.25) is 0 Å². The molecular formula is C14H19N3O3. The lowest BCUT2D eigenvalue weighted by Crippen LogP contribution is -2.33. The molecular weight excluding hydrogens is 258 g/mol. The second kappa shape index (κ2) is 6.88. The van der Waals surface area contributed by atoms with E-state index < -0.39 is 4.92 Å². The van der Waals surface area contributed by atoms with Crippen molar-refractivity contribution in [2.24, 2.45) is 5.92 Å². The van der Waals surface area contributed by atoms with Crippen LogP contribution in [0.4, 0.5) is 16.2 Å². The minimum absolute atomic E-state index is 0.0969. The number of anilines is 1. The summed E-state index contributed by atoms with van der Waals surface area (Å²) in [5, 5.41) is 16.2. The van der Waals surface area contributed by atoms with Crippen LogP contribution in [0, 0.1) is 16.0 Å². The molecule has 1 fully saturated rings. The van der Waals surface area contributed by atoms with Gasteiger partial charge in [0.05, 0.1) is 4.92 Å². The van der Waals surface area contributed by atoms with Crippen molar-refractivity contribution in [3.63, 3.8) is 0 Å². The molecule has 1 aromatic rings. The Morgan fingerprint density at radius 3 is 2.65 bits per heavy atom. The summed E-state index contributed by atoms with van der Waals surface area (Å²) in [6.07, 6.45) is 6.01. The number of carbonyl (C=O) groups is 1. The summed E-state index contributed by atoms with van der Waals surface area (Å²) in [6, 6.07) is 5.74. The van der Waals surface area contributed by atoms with Gasteiger partial charge in [-0.3, -0.25) is 10.1 Å². The summed E-state index contributed by atoms with van der Waals surface area (Å²) in [4.78, 5) is 22.1. The minimum atomic E-state index is -0.503. The Morgan fingerprint density at radius 1 is 1.25 bits per heavy atom. The number of benzene rings is 1. The molecule has 2 N–H and O–H groups in total. The fourth-order valence-electron chi connectivity index (χ4n) is 2.53. The van der Waals surface area contributed by atoms with Crippen LogP contribution in [-0.4, -0.2) is 17.5 Å². The van der Waals surface area contributed by atoms with Crippen molar-refractivity contribution in [1.29, 1.82) is 0 Å². The number of nitro benzene ring substituents is 1. The van der Waals surface area contributed by atoms with Crippen LogP contribution in [0.25, 0.3) is 0 Å². The maximum Gasteiger partial charge on any atom is 0.319 e. The molecule has 6 heteroatoms. The third kappa shape index (κ3) is 3.94. The third-order valence-corrected chi connectivity index (χ3v) is 3.62. The molecule has 0 saturated heterocycles. The largest absolute Gasteiger partial charge is 0.338 e. The number of amides is 2. The summed E-state index contributed by atoms with van der Waals surface area (Å²) in [6.45, 7) is 0.631. The first-order valence-electron chi connectivity index (χ1n) is 6.95. The van der Waals surface area contributed by atoms with Gasteiger partial charge in [-0.05, 0) is 24.8 Å². The summed E-state index contributed by atoms with van der Waals surface area (Å²) in [5.74, 6) is 0.528. The van der Waals surface area contributed by atoms with Crippen molar-refractivity contribution in [2.45, 2.75) is 32.1 Å². The molecule has 1 saturated carbocycles. The first-order valence-corrected chi connectivity index (χ1v) is 6.95. The Bertz CT molecular complexity index is 484. The monoisotopic (exact) mass is 277 g/mol. The van der Waals surface area contributed by atoms with Crippen LogP contribution in [0.1, 0.15) is 32.1 Å². The first kappa shape index (κ1) is 14.3. The lowest BCUT2D eigenvalue weighted by atomic mass is 9.89. The number of hydrogen-bond donors (Lipinski definition) is 2. The molecule has 1 aliphatic rings. The van der Waals surface area contributed by atoms with E-state index in [0.29, 0.717) is 12.5 Å². The highest BCUT2D eigenvalue weighted by molar-refractivity contribution is 5.91. The number of rotatable bonds is 4. The fraction of sp³-hybridized carbons (Fsp3) is 0.500. The van der Waals surface area contributed by atoms with Gasteiger partial charge in [-0.2, -0.15) is 0 Å². The molecule has 0 atom stereocenters. The zero-order valence-electron chi connectivity index (χ0n) is 11.3. The van der Waals surface area contributed by atoms with Crippen LogP contribution in [0.5, 0.6) is 0 Å². The van der Waals surface area contributed by atoms with Crippen LogP contribution < -0.4 is 10.6 Å². The van der Waals surface area contributed by atoms with E-state index >= 15 is 0 Å². The average molecular weight is 277 g/mol. The molecule has 0 aliphatic heterocycles. The van der Waals surface area contributed by atoms with Gasteiger partial charge >= 0.3 is 6.03 Å². The minimum Gasteiger partial charge on any atom is -0.338 e. The molecule has 2 rings (SSSR count).